The van der Waals surface area contributed by atoms with Gasteiger partial charge in [-0.2, -0.15) is 0 Å². The zero-order valence-corrected chi connectivity index (χ0v) is 19.8. The lowest BCUT2D eigenvalue weighted by molar-refractivity contribution is -0.154. The van der Waals surface area contributed by atoms with Gasteiger partial charge in [-0.05, 0) is 41.5 Å². The minimum absolute atomic E-state index is 0.0415. The second-order valence-corrected chi connectivity index (χ2v) is 9.86. The Morgan fingerprint density at radius 3 is 2.75 bits per heavy atom. The van der Waals surface area contributed by atoms with Crippen molar-refractivity contribution in [3.05, 3.63) is 99.0 Å². The van der Waals surface area contributed by atoms with Crippen LogP contribution in [0.3, 0.4) is 0 Å². The molecule has 8 heteroatoms. The van der Waals surface area contributed by atoms with E-state index in [9.17, 15) is 19.5 Å². The molecule has 2 aromatic carbocycles. The second-order valence-electron chi connectivity index (χ2n) is 9.86. The number of hydrogen-bond acceptors (Lipinski definition) is 6. The monoisotopic (exact) mass is 483 g/mol. The highest BCUT2D eigenvalue weighted by Gasteiger charge is 2.72. The molecule has 0 saturated carbocycles. The SMILES string of the molecule is CC(C)c1ccc2c(c1)OC1(O)C3=C(C(=O)C21NC(=O)c1cc2ccccc2c(=O)[nH]1)C(N)CC=C3. The molecule has 1 amide bonds. The number of hydrogen-bond donors (Lipinski definition) is 4. The lowest BCUT2D eigenvalue weighted by Gasteiger charge is -2.35. The number of carbonyl (C=O) groups excluding carboxylic acids is 2. The molecular formula is C28H25N3O5. The summed E-state index contributed by atoms with van der Waals surface area (Å²) in [5.41, 5.74) is 5.60. The molecule has 3 atom stereocenters. The third-order valence-corrected chi connectivity index (χ3v) is 7.43. The molecule has 1 aromatic heterocycles. The van der Waals surface area contributed by atoms with Crippen molar-refractivity contribution >= 4 is 22.5 Å². The average Bonchev–Trinajstić information content (AvgIpc) is 3.21. The van der Waals surface area contributed by atoms with Crippen molar-refractivity contribution in [3.8, 4) is 5.75 Å². The van der Waals surface area contributed by atoms with Gasteiger partial charge < -0.3 is 25.9 Å². The number of fused-ring (bicyclic) bond motifs is 5. The lowest BCUT2D eigenvalue weighted by atomic mass is 9.81. The molecular weight excluding hydrogens is 458 g/mol. The molecule has 2 aliphatic carbocycles. The molecule has 5 N–H and O–H groups in total. The Morgan fingerprint density at radius 2 is 1.97 bits per heavy atom. The number of rotatable bonds is 3. The van der Waals surface area contributed by atoms with Crippen LogP contribution in [0.15, 0.2) is 76.6 Å². The standard InChI is InChI=1S/C28H25N3O5/c1-14(2)15-10-11-18-22(13-15)36-28(35)19-8-5-9-20(29)23(19)24(32)27(18,28)31-26(34)21-12-16-6-3-4-7-17(16)25(33)30-21/h3-8,10-14,20,35H,9,29H2,1-2H3,(H,30,33)(H,31,34). The first kappa shape index (κ1) is 22.5. The van der Waals surface area contributed by atoms with E-state index in [-0.39, 0.29) is 22.8 Å². The average molecular weight is 484 g/mol. The zero-order chi connectivity index (χ0) is 25.4. The molecule has 182 valence electrons. The smallest absolute Gasteiger partial charge is 0.270 e. The van der Waals surface area contributed by atoms with E-state index in [4.69, 9.17) is 10.5 Å². The summed E-state index contributed by atoms with van der Waals surface area (Å²) >= 11 is 0. The molecule has 0 bridgehead atoms. The van der Waals surface area contributed by atoms with Gasteiger partial charge in [0.2, 0.25) is 5.54 Å². The fourth-order valence-electron chi connectivity index (χ4n) is 5.55. The first-order valence-electron chi connectivity index (χ1n) is 11.9. The van der Waals surface area contributed by atoms with Gasteiger partial charge >= 0.3 is 0 Å². The van der Waals surface area contributed by atoms with Gasteiger partial charge in [0.1, 0.15) is 11.4 Å². The van der Waals surface area contributed by atoms with Crippen LogP contribution in [0.1, 0.15) is 47.8 Å². The predicted molar refractivity (Wildman–Crippen MR) is 134 cm³/mol. The predicted octanol–water partition coefficient (Wildman–Crippen LogP) is 2.52. The minimum Gasteiger partial charge on any atom is -0.454 e. The Hall–Kier alpha value is -4.01. The highest BCUT2D eigenvalue weighted by Crippen LogP contribution is 2.57. The van der Waals surface area contributed by atoms with Crippen molar-refractivity contribution in [1.82, 2.24) is 10.3 Å². The molecule has 0 spiro atoms. The van der Waals surface area contributed by atoms with Crippen molar-refractivity contribution in [2.75, 3.05) is 0 Å². The third-order valence-electron chi connectivity index (χ3n) is 7.43. The Labute approximate surface area is 206 Å². The number of benzene rings is 2. The van der Waals surface area contributed by atoms with Gasteiger partial charge in [-0.3, -0.25) is 14.4 Å². The largest absolute Gasteiger partial charge is 0.454 e. The Bertz CT molecular complexity index is 1600. The molecule has 3 aliphatic rings. The molecule has 8 nitrogen and oxygen atoms in total. The van der Waals surface area contributed by atoms with Gasteiger partial charge in [0.05, 0.1) is 0 Å². The van der Waals surface area contributed by atoms with Gasteiger partial charge in [0.25, 0.3) is 17.3 Å². The van der Waals surface area contributed by atoms with Crippen LogP contribution in [0.25, 0.3) is 10.8 Å². The second kappa shape index (κ2) is 7.49. The van der Waals surface area contributed by atoms with Crippen LogP contribution in [0.2, 0.25) is 0 Å². The van der Waals surface area contributed by atoms with Gasteiger partial charge in [-0.25, -0.2) is 0 Å². The van der Waals surface area contributed by atoms with E-state index < -0.39 is 34.6 Å². The number of nitrogens with one attached hydrogen (secondary N) is 2. The molecule has 1 aliphatic heterocycles. The molecule has 3 unspecified atom stereocenters. The number of aromatic nitrogens is 1. The van der Waals surface area contributed by atoms with Crippen molar-refractivity contribution in [1.29, 1.82) is 0 Å². The van der Waals surface area contributed by atoms with Crippen LogP contribution in [0.5, 0.6) is 5.75 Å². The molecule has 0 radical (unpaired) electrons. The van der Waals surface area contributed by atoms with E-state index >= 15 is 0 Å². The van der Waals surface area contributed by atoms with E-state index in [1.54, 1.807) is 54.6 Å². The number of ether oxygens (including phenoxy) is 1. The normalized spacial score (nSPS) is 26.1. The fourth-order valence-corrected chi connectivity index (χ4v) is 5.55. The summed E-state index contributed by atoms with van der Waals surface area (Å²) in [4.78, 5) is 42.9. The number of H-pyrrole nitrogens is 1. The van der Waals surface area contributed by atoms with Gasteiger partial charge in [0, 0.05) is 28.1 Å². The van der Waals surface area contributed by atoms with Crippen molar-refractivity contribution < 1.29 is 19.4 Å². The summed E-state index contributed by atoms with van der Waals surface area (Å²) in [7, 11) is 0. The van der Waals surface area contributed by atoms with Crippen molar-refractivity contribution in [2.24, 2.45) is 5.73 Å². The summed E-state index contributed by atoms with van der Waals surface area (Å²) in [6, 6.07) is 13.1. The molecule has 0 saturated heterocycles. The van der Waals surface area contributed by atoms with Gasteiger partial charge in [-0.15, -0.1) is 0 Å². The zero-order valence-electron chi connectivity index (χ0n) is 19.8. The Kier molecular flexibility index (Phi) is 4.67. The van der Waals surface area contributed by atoms with E-state index in [0.717, 1.165) is 5.56 Å². The van der Waals surface area contributed by atoms with E-state index in [1.807, 2.05) is 19.9 Å². The molecule has 2 heterocycles. The maximum absolute atomic E-state index is 14.1. The number of nitrogens with two attached hydrogens (primary N) is 1. The summed E-state index contributed by atoms with van der Waals surface area (Å²) in [6.07, 6.45) is 3.83. The molecule has 0 fully saturated rings. The van der Waals surface area contributed by atoms with Crippen LogP contribution >= 0.6 is 0 Å². The van der Waals surface area contributed by atoms with E-state index in [0.29, 0.717) is 28.5 Å². The molecule has 36 heavy (non-hydrogen) atoms. The maximum Gasteiger partial charge on any atom is 0.270 e. The van der Waals surface area contributed by atoms with Crippen molar-refractivity contribution in [3.63, 3.8) is 0 Å². The Balaban J connectivity index is 1.53. The van der Waals surface area contributed by atoms with E-state index in [2.05, 4.69) is 10.3 Å². The molecule has 6 rings (SSSR count). The topological polar surface area (TPSA) is 135 Å². The Morgan fingerprint density at radius 1 is 1.19 bits per heavy atom. The van der Waals surface area contributed by atoms with Crippen LogP contribution in [0.4, 0.5) is 0 Å². The number of Topliss-reactive ketones (excluding diaryl/α,β-unsaturated/α-hetero) is 1. The maximum atomic E-state index is 14.1. The summed E-state index contributed by atoms with van der Waals surface area (Å²) in [5, 5.41) is 15.8. The van der Waals surface area contributed by atoms with Crippen LogP contribution in [-0.2, 0) is 10.3 Å². The number of ketones is 1. The van der Waals surface area contributed by atoms with Crippen LogP contribution in [0, 0.1) is 0 Å². The fraction of sp³-hybridized carbons (Fsp3) is 0.250. The number of aliphatic hydroxyl groups is 1. The van der Waals surface area contributed by atoms with Crippen LogP contribution in [-0.4, -0.2) is 33.6 Å². The minimum atomic E-state index is -2.20. The van der Waals surface area contributed by atoms with Gasteiger partial charge in [-0.1, -0.05) is 56.3 Å². The first-order valence-corrected chi connectivity index (χ1v) is 11.9. The number of aromatic amines is 1. The van der Waals surface area contributed by atoms with Gasteiger partial charge in [0.15, 0.2) is 5.78 Å². The molecule has 3 aromatic rings. The van der Waals surface area contributed by atoms with Crippen molar-refractivity contribution in [2.45, 2.75) is 43.6 Å². The highest BCUT2D eigenvalue weighted by molar-refractivity contribution is 6.14. The number of amides is 1. The third kappa shape index (κ3) is 2.79. The number of pyridine rings is 1. The quantitative estimate of drug-likeness (QED) is 0.452. The first-order chi connectivity index (χ1) is 17.2. The lowest BCUT2D eigenvalue weighted by Crippen LogP contribution is -2.63. The summed E-state index contributed by atoms with van der Waals surface area (Å²) < 4.78 is 6.11. The highest BCUT2D eigenvalue weighted by atomic mass is 16.6. The van der Waals surface area contributed by atoms with Crippen LogP contribution < -0.4 is 21.3 Å². The van der Waals surface area contributed by atoms with E-state index in [1.165, 1.54) is 0 Å². The summed E-state index contributed by atoms with van der Waals surface area (Å²) in [6.45, 7) is 4.04. The summed E-state index contributed by atoms with van der Waals surface area (Å²) in [5.74, 6) is -2.96. The number of carbonyl (C=O) groups is 2.